The number of ether oxygens (including phenoxy) is 1. The zero-order valence-electron chi connectivity index (χ0n) is 17.2. The molecule has 156 valence electrons. The normalized spacial score (nSPS) is 13.6. The maximum absolute atomic E-state index is 6.25. The van der Waals surface area contributed by atoms with Gasteiger partial charge in [-0.15, -0.1) is 22.9 Å². The second-order valence-corrected chi connectivity index (χ2v) is 8.37. The molecular formula is C21H26Cl2N4OS. The highest BCUT2D eigenvalue weighted by Gasteiger charge is 2.23. The first kappa shape index (κ1) is 22.1. The van der Waals surface area contributed by atoms with Crippen LogP contribution >= 0.6 is 34.5 Å². The molecule has 29 heavy (non-hydrogen) atoms. The molecular weight excluding hydrogens is 427 g/mol. The topological polar surface area (TPSA) is 50.3 Å². The Kier molecular flexibility index (Phi) is 7.57. The first-order valence-corrected chi connectivity index (χ1v) is 11.4. The van der Waals surface area contributed by atoms with Gasteiger partial charge in [0.2, 0.25) is 0 Å². The molecule has 0 spiro atoms. The molecule has 1 N–H and O–H groups in total. The van der Waals surface area contributed by atoms with Gasteiger partial charge in [0, 0.05) is 24.5 Å². The first-order chi connectivity index (χ1) is 14.1. The van der Waals surface area contributed by atoms with Gasteiger partial charge >= 0.3 is 0 Å². The molecule has 0 fully saturated rings. The zero-order chi connectivity index (χ0) is 21.0. The van der Waals surface area contributed by atoms with Gasteiger partial charge in [-0.3, -0.25) is 0 Å². The predicted molar refractivity (Wildman–Crippen MR) is 124 cm³/mol. The van der Waals surface area contributed by atoms with Crippen molar-refractivity contribution < 1.29 is 4.74 Å². The molecule has 0 amide bonds. The molecule has 0 atom stereocenters. The van der Waals surface area contributed by atoms with E-state index in [0.29, 0.717) is 29.0 Å². The number of benzene rings is 1. The van der Waals surface area contributed by atoms with Crippen LogP contribution in [0.5, 0.6) is 5.75 Å². The molecule has 0 aliphatic carbocycles. The number of fused-ring (bicyclic) bond motifs is 3. The average Bonchev–Trinajstić information content (AvgIpc) is 3.10. The van der Waals surface area contributed by atoms with Crippen molar-refractivity contribution in [3.63, 3.8) is 0 Å². The van der Waals surface area contributed by atoms with Crippen molar-refractivity contribution in [3.8, 4) is 5.75 Å². The molecule has 0 saturated carbocycles. The van der Waals surface area contributed by atoms with Crippen LogP contribution in [0.4, 0.5) is 5.82 Å². The standard InChI is InChI=1S/C19H20Cl2N4OS.C2H6/c1-25-6-5-12-15(10-25)27-19-17(12)18(23-16(8-20)24-19)22-9-11-3-4-14(26-2)13(21)7-11;1-2/h3-4,7H,5-6,8-10H2,1-2H3,(H,22,23,24);1-2H3. The Morgan fingerprint density at radius 2 is 2.07 bits per heavy atom. The largest absolute Gasteiger partial charge is 0.495 e. The average molecular weight is 453 g/mol. The van der Waals surface area contributed by atoms with Crippen LogP contribution in [0.3, 0.4) is 0 Å². The number of nitrogens with one attached hydrogen (secondary N) is 1. The Balaban J connectivity index is 0.00000117. The fraction of sp³-hybridized carbons (Fsp3) is 0.429. The molecule has 0 bridgehead atoms. The van der Waals surface area contributed by atoms with Gasteiger partial charge in [0.25, 0.3) is 0 Å². The van der Waals surface area contributed by atoms with Crippen molar-refractivity contribution in [3.05, 3.63) is 45.1 Å². The minimum atomic E-state index is 0.293. The number of hydrogen-bond donors (Lipinski definition) is 1. The summed E-state index contributed by atoms with van der Waals surface area (Å²) in [7, 11) is 3.76. The third-order valence-electron chi connectivity index (χ3n) is 4.73. The second-order valence-electron chi connectivity index (χ2n) is 6.62. The molecule has 0 unspecified atom stereocenters. The maximum atomic E-state index is 6.25. The monoisotopic (exact) mass is 452 g/mol. The Bertz CT molecular complexity index is 992. The molecule has 1 aliphatic heterocycles. The number of thiophene rings is 1. The summed E-state index contributed by atoms with van der Waals surface area (Å²) in [5.74, 6) is 2.46. The Morgan fingerprint density at radius 1 is 1.28 bits per heavy atom. The van der Waals surface area contributed by atoms with Crippen LogP contribution in [0.1, 0.15) is 35.7 Å². The summed E-state index contributed by atoms with van der Waals surface area (Å²) in [4.78, 5) is 14.0. The molecule has 1 aliphatic rings. The number of likely N-dealkylation sites (N-methyl/N-ethyl adjacent to an activating group) is 1. The molecule has 1 aromatic carbocycles. The zero-order valence-corrected chi connectivity index (χ0v) is 19.5. The van der Waals surface area contributed by atoms with Crippen LogP contribution in [-0.2, 0) is 25.4 Å². The van der Waals surface area contributed by atoms with Crippen molar-refractivity contribution >= 4 is 50.6 Å². The lowest BCUT2D eigenvalue weighted by Gasteiger charge is -2.22. The molecule has 3 aromatic rings. The number of methoxy groups -OCH3 is 1. The van der Waals surface area contributed by atoms with E-state index in [-0.39, 0.29) is 0 Å². The highest BCUT2D eigenvalue weighted by atomic mass is 35.5. The lowest BCUT2D eigenvalue weighted by Crippen LogP contribution is -2.25. The van der Waals surface area contributed by atoms with Crippen LogP contribution in [0.2, 0.25) is 5.02 Å². The van der Waals surface area contributed by atoms with E-state index in [9.17, 15) is 0 Å². The number of aromatic nitrogens is 2. The lowest BCUT2D eigenvalue weighted by atomic mass is 10.1. The van der Waals surface area contributed by atoms with E-state index in [1.807, 2.05) is 32.0 Å². The van der Waals surface area contributed by atoms with Gasteiger partial charge in [-0.1, -0.05) is 31.5 Å². The SMILES string of the molecule is CC.COc1ccc(CNc2nc(CCl)nc3sc4c(c23)CCN(C)C4)cc1Cl. The van der Waals surface area contributed by atoms with Crippen LogP contribution in [-0.4, -0.2) is 35.6 Å². The van der Waals surface area contributed by atoms with Crippen LogP contribution < -0.4 is 10.1 Å². The van der Waals surface area contributed by atoms with E-state index >= 15 is 0 Å². The summed E-state index contributed by atoms with van der Waals surface area (Å²) in [6.45, 7) is 6.62. The number of rotatable bonds is 5. The molecule has 2 aromatic heterocycles. The number of halogens is 2. The van der Waals surface area contributed by atoms with Crippen molar-refractivity contribution in [2.45, 2.75) is 39.2 Å². The van der Waals surface area contributed by atoms with E-state index < -0.39 is 0 Å². The van der Waals surface area contributed by atoms with Gasteiger partial charge in [0.1, 0.15) is 22.2 Å². The maximum Gasteiger partial charge on any atom is 0.147 e. The van der Waals surface area contributed by atoms with E-state index in [1.165, 1.54) is 10.4 Å². The summed E-state index contributed by atoms with van der Waals surface area (Å²) in [5, 5.41) is 5.21. The van der Waals surface area contributed by atoms with E-state index in [2.05, 4.69) is 27.2 Å². The van der Waals surface area contributed by atoms with Crippen LogP contribution in [0.15, 0.2) is 18.2 Å². The molecule has 4 rings (SSSR count). The number of hydrogen-bond acceptors (Lipinski definition) is 6. The third kappa shape index (κ3) is 4.77. The van der Waals surface area contributed by atoms with E-state index in [0.717, 1.165) is 41.1 Å². The Morgan fingerprint density at radius 3 is 2.76 bits per heavy atom. The van der Waals surface area contributed by atoms with Crippen molar-refractivity contribution in [2.75, 3.05) is 26.0 Å². The number of alkyl halides is 1. The smallest absolute Gasteiger partial charge is 0.147 e. The molecule has 5 nitrogen and oxygen atoms in total. The fourth-order valence-electron chi connectivity index (χ4n) is 3.36. The highest BCUT2D eigenvalue weighted by Crippen LogP contribution is 2.37. The summed E-state index contributed by atoms with van der Waals surface area (Å²) in [6.07, 6.45) is 1.01. The number of nitrogens with zero attached hydrogens (tertiary/aromatic N) is 3. The van der Waals surface area contributed by atoms with Crippen molar-refractivity contribution in [1.29, 1.82) is 0 Å². The summed E-state index contributed by atoms with van der Waals surface area (Å²) >= 11 is 14.0. The van der Waals surface area contributed by atoms with Crippen LogP contribution in [0.25, 0.3) is 10.2 Å². The van der Waals surface area contributed by atoms with Gasteiger partial charge in [-0.05, 0) is 36.7 Å². The Labute approximate surface area is 186 Å². The molecule has 0 radical (unpaired) electrons. The Hall–Kier alpha value is -1.60. The van der Waals surface area contributed by atoms with Gasteiger partial charge in [0.05, 0.1) is 23.4 Å². The minimum Gasteiger partial charge on any atom is -0.495 e. The second kappa shape index (κ2) is 9.94. The molecule has 8 heteroatoms. The number of anilines is 1. The van der Waals surface area contributed by atoms with E-state index in [4.69, 9.17) is 27.9 Å². The van der Waals surface area contributed by atoms with Gasteiger partial charge < -0.3 is 15.0 Å². The van der Waals surface area contributed by atoms with Gasteiger partial charge in [-0.2, -0.15) is 0 Å². The van der Waals surface area contributed by atoms with Crippen LogP contribution in [0, 0.1) is 0 Å². The third-order valence-corrected chi connectivity index (χ3v) is 6.38. The van der Waals surface area contributed by atoms with E-state index in [1.54, 1.807) is 18.4 Å². The quantitative estimate of drug-likeness (QED) is 0.501. The minimum absolute atomic E-state index is 0.293. The lowest BCUT2D eigenvalue weighted by molar-refractivity contribution is 0.318. The predicted octanol–water partition coefficient (Wildman–Crippen LogP) is 5.72. The summed E-state index contributed by atoms with van der Waals surface area (Å²) in [5.41, 5.74) is 2.42. The summed E-state index contributed by atoms with van der Waals surface area (Å²) < 4.78 is 5.22. The fourth-order valence-corrected chi connectivity index (χ4v) is 5.08. The first-order valence-electron chi connectivity index (χ1n) is 9.71. The molecule has 0 saturated heterocycles. The molecule has 3 heterocycles. The van der Waals surface area contributed by atoms with Gasteiger partial charge in [-0.25, -0.2) is 9.97 Å². The van der Waals surface area contributed by atoms with Crippen molar-refractivity contribution in [1.82, 2.24) is 14.9 Å². The van der Waals surface area contributed by atoms with Gasteiger partial charge in [0.15, 0.2) is 0 Å². The highest BCUT2D eigenvalue weighted by molar-refractivity contribution is 7.19. The summed E-state index contributed by atoms with van der Waals surface area (Å²) in [6, 6.07) is 5.78. The van der Waals surface area contributed by atoms with Crippen molar-refractivity contribution in [2.24, 2.45) is 0 Å².